The van der Waals surface area contributed by atoms with Gasteiger partial charge >= 0.3 is 5.97 Å². The van der Waals surface area contributed by atoms with E-state index >= 15 is 0 Å². The van der Waals surface area contributed by atoms with Crippen LogP contribution in [-0.2, 0) is 4.79 Å². The summed E-state index contributed by atoms with van der Waals surface area (Å²) in [4.78, 5) is 24.4. The van der Waals surface area contributed by atoms with Crippen LogP contribution in [0.25, 0.3) is 0 Å². The number of carbonyl (C=O) groups excluding carboxylic acids is 1. The molecule has 4 nitrogen and oxygen atoms in total. The maximum Gasteiger partial charge on any atom is 0.327 e. The zero-order valence-electron chi connectivity index (χ0n) is 9.10. The number of hydrogen-bond acceptors (Lipinski definition) is 3. The summed E-state index contributed by atoms with van der Waals surface area (Å²) in [5.74, 6) is -1.38. The van der Waals surface area contributed by atoms with Crippen LogP contribution in [0.15, 0.2) is 22.7 Å². The third-order valence-corrected chi connectivity index (χ3v) is 4.29. The zero-order chi connectivity index (χ0) is 13.3. The van der Waals surface area contributed by atoms with Crippen LogP contribution in [0.5, 0.6) is 0 Å². The number of thioether (sulfide) groups is 1. The van der Waals surface area contributed by atoms with E-state index in [1.165, 1.54) is 28.8 Å². The fourth-order valence-electron chi connectivity index (χ4n) is 1.66. The van der Waals surface area contributed by atoms with E-state index in [9.17, 15) is 14.0 Å². The summed E-state index contributed by atoms with van der Waals surface area (Å²) in [5, 5.41) is 9.01. The van der Waals surface area contributed by atoms with E-state index in [0.717, 1.165) is 6.07 Å². The fraction of sp³-hybridized carbons (Fsp3) is 0.273. The van der Waals surface area contributed by atoms with Crippen LogP contribution < -0.4 is 0 Å². The lowest BCUT2D eigenvalue weighted by atomic mass is 10.1. The van der Waals surface area contributed by atoms with Gasteiger partial charge in [-0.05, 0) is 34.1 Å². The molecule has 1 aromatic carbocycles. The zero-order valence-corrected chi connectivity index (χ0v) is 11.5. The van der Waals surface area contributed by atoms with E-state index in [-0.39, 0.29) is 5.56 Å². The molecule has 0 saturated carbocycles. The molecule has 1 saturated heterocycles. The van der Waals surface area contributed by atoms with Crippen molar-refractivity contribution < 1.29 is 19.1 Å². The van der Waals surface area contributed by atoms with Crippen LogP contribution >= 0.6 is 27.7 Å². The average Bonchev–Trinajstić information content (AvgIpc) is 2.80. The highest BCUT2D eigenvalue weighted by atomic mass is 79.9. The van der Waals surface area contributed by atoms with Gasteiger partial charge in [0.05, 0.1) is 11.4 Å². The van der Waals surface area contributed by atoms with Crippen LogP contribution in [0.3, 0.4) is 0 Å². The van der Waals surface area contributed by atoms with Crippen molar-refractivity contribution in [3.05, 3.63) is 34.1 Å². The number of nitrogens with zero attached hydrogens (tertiary/aromatic N) is 1. The van der Waals surface area contributed by atoms with Gasteiger partial charge in [0.25, 0.3) is 5.91 Å². The summed E-state index contributed by atoms with van der Waals surface area (Å²) < 4.78 is 13.6. The summed E-state index contributed by atoms with van der Waals surface area (Å²) in [6.07, 6.45) is 0. The first-order valence-corrected chi connectivity index (χ1v) is 7.02. The summed E-state index contributed by atoms with van der Waals surface area (Å²) in [6, 6.07) is 2.92. The van der Waals surface area contributed by atoms with Gasteiger partial charge in [0.2, 0.25) is 0 Å². The Morgan fingerprint density at radius 2 is 2.22 bits per heavy atom. The summed E-state index contributed by atoms with van der Waals surface area (Å²) >= 11 is 4.53. The van der Waals surface area contributed by atoms with Crippen molar-refractivity contribution in [1.82, 2.24) is 4.90 Å². The number of amides is 1. The van der Waals surface area contributed by atoms with Crippen molar-refractivity contribution in [2.45, 2.75) is 6.04 Å². The van der Waals surface area contributed by atoms with E-state index in [1.54, 1.807) is 0 Å². The SMILES string of the molecule is O=C(O)[C@@H]1CSCN1C(=O)c1cc(F)ccc1Br. The lowest BCUT2D eigenvalue weighted by molar-refractivity contribution is -0.140. The van der Waals surface area contributed by atoms with E-state index in [2.05, 4.69) is 15.9 Å². The highest BCUT2D eigenvalue weighted by Gasteiger charge is 2.35. The first-order chi connectivity index (χ1) is 8.50. The molecular weight excluding hydrogens is 325 g/mol. The molecule has 0 aromatic heterocycles. The monoisotopic (exact) mass is 333 g/mol. The molecule has 0 unspecified atom stereocenters. The summed E-state index contributed by atoms with van der Waals surface area (Å²) in [6.45, 7) is 0. The fourth-order valence-corrected chi connectivity index (χ4v) is 3.22. The minimum atomic E-state index is -1.04. The Morgan fingerprint density at radius 3 is 2.89 bits per heavy atom. The van der Waals surface area contributed by atoms with Gasteiger partial charge in [0.1, 0.15) is 11.9 Å². The topological polar surface area (TPSA) is 57.6 Å². The number of aliphatic carboxylic acids is 1. The molecule has 1 aliphatic rings. The number of carboxylic acids is 1. The minimum Gasteiger partial charge on any atom is -0.480 e. The predicted molar refractivity (Wildman–Crippen MR) is 69.0 cm³/mol. The van der Waals surface area contributed by atoms with Gasteiger partial charge in [-0.25, -0.2) is 9.18 Å². The van der Waals surface area contributed by atoms with Crippen LogP contribution in [0.4, 0.5) is 4.39 Å². The molecule has 1 N–H and O–H groups in total. The molecule has 7 heteroatoms. The molecule has 1 atom stereocenters. The molecule has 1 amide bonds. The van der Waals surface area contributed by atoms with Crippen LogP contribution in [0, 0.1) is 5.82 Å². The van der Waals surface area contributed by atoms with Gasteiger partial charge in [0.15, 0.2) is 0 Å². The van der Waals surface area contributed by atoms with E-state index in [0.29, 0.717) is 16.1 Å². The summed E-state index contributed by atoms with van der Waals surface area (Å²) in [5.41, 5.74) is 0.142. The molecule has 0 radical (unpaired) electrons. The smallest absolute Gasteiger partial charge is 0.327 e. The first-order valence-electron chi connectivity index (χ1n) is 5.07. The minimum absolute atomic E-state index is 0.142. The highest BCUT2D eigenvalue weighted by Crippen LogP contribution is 2.26. The van der Waals surface area contributed by atoms with Crippen molar-refractivity contribution in [1.29, 1.82) is 0 Å². The molecular formula is C11H9BrFNO3S. The molecule has 96 valence electrons. The lowest BCUT2D eigenvalue weighted by Gasteiger charge is -2.21. The maximum absolute atomic E-state index is 13.1. The van der Waals surface area contributed by atoms with Crippen LogP contribution in [0.1, 0.15) is 10.4 Å². The maximum atomic E-state index is 13.1. The quantitative estimate of drug-likeness (QED) is 0.901. The molecule has 2 rings (SSSR count). The van der Waals surface area contributed by atoms with Crippen molar-refractivity contribution >= 4 is 39.6 Å². The third-order valence-electron chi connectivity index (χ3n) is 2.59. The van der Waals surface area contributed by atoms with Crippen molar-refractivity contribution in [2.24, 2.45) is 0 Å². The van der Waals surface area contributed by atoms with Crippen molar-refractivity contribution in [2.75, 3.05) is 11.6 Å². The van der Waals surface area contributed by atoms with Gasteiger partial charge in [0, 0.05) is 10.2 Å². The Morgan fingerprint density at radius 1 is 1.50 bits per heavy atom. The number of hydrogen-bond donors (Lipinski definition) is 1. The number of halogens is 2. The van der Waals surface area contributed by atoms with E-state index in [1.807, 2.05) is 0 Å². The standard InChI is InChI=1S/C11H9BrFNO3S/c12-8-2-1-6(13)3-7(8)10(15)14-5-18-4-9(14)11(16)17/h1-3,9H,4-5H2,(H,16,17)/t9-/m0/s1. The van der Waals surface area contributed by atoms with Gasteiger partial charge in [-0.2, -0.15) is 0 Å². The molecule has 1 aromatic rings. The van der Waals surface area contributed by atoms with Crippen LogP contribution in [-0.4, -0.2) is 39.6 Å². The molecule has 0 bridgehead atoms. The Kier molecular flexibility index (Phi) is 3.91. The normalized spacial score (nSPS) is 19.0. The van der Waals surface area contributed by atoms with E-state index in [4.69, 9.17) is 5.11 Å². The Labute approximate surface area is 115 Å². The molecule has 0 spiro atoms. The first kappa shape index (κ1) is 13.4. The number of benzene rings is 1. The largest absolute Gasteiger partial charge is 0.480 e. The molecule has 1 heterocycles. The highest BCUT2D eigenvalue weighted by molar-refractivity contribution is 9.10. The van der Waals surface area contributed by atoms with E-state index < -0.39 is 23.7 Å². The third kappa shape index (κ3) is 2.51. The molecule has 0 aliphatic carbocycles. The second-order valence-corrected chi connectivity index (χ2v) is 5.61. The van der Waals surface area contributed by atoms with Crippen molar-refractivity contribution in [3.8, 4) is 0 Å². The second-order valence-electron chi connectivity index (χ2n) is 3.75. The van der Waals surface area contributed by atoms with Crippen LogP contribution in [0.2, 0.25) is 0 Å². The summed E-state index contributed by atoms with van der Waals surface area (Å²) in [7, 11) is 0. The Bertz CT molecular complexity index is 511. The Balaban J connectivity index is 2.31. The number of carboxylic acid groups (broad SMARTS) is 1. The average molecular weight is 334 g/mol. The van der Waals surface area contributed by atoms with Gasteiger partial charge in [-0.3, -0.25) is 4.79 Å². The molecule has 1 aliphatic heterocycles. The molecule has 1 fully saturated rings. The number of rotatable bonds is 2. The van der Waals surface area contributed by atoms with Crippen molar-refractivity contribution in [3.63, 3.8) is 0 Å². The lowest BCUT2D eigenvalue weighted by Crippen LogP contribution is -2.41. The van der Waals surface area contributed by atoms with Gasteiger partial charge in [-0.15, -0.1) is 11.8 Å². The Hall–Kier alpha value is -1.08. The number of carbonyl (C=O) groups is 2. The molecule has 18 heavy (non-hydrogen) atoms. The predicted octanol–water partition coefficient (Wildman–Crippen LogP) is 2.19. The van der Waals surface area contributed by atoms with Gasteiger partial charge in [-0.1, -0.05) is 0 Å². The second kappa shape index (κ2) is 5.27. The van der Waals surface area contributed by atoms with Gasteiger partial charge < -0.3 is 10.0 Å².